The summed E-state index contributed by atoms with van der Waals surface area (Å²) in [6.45, 7) is -0.292. The number of aliphatic hydroxyl groups is 1. The van der Waals surface area contributed by atoms with E-state index < -0.39 is 17.5 Å². The minimum atomic E-state index is -1.58. The Kier molecular flexibility index (Phi) is 4.35. The van der Waals surface area contributed by atoms with Gasteiger partial charge in [-0.25, -0.2) is 4.79 Å². The number of thiol groups is 1. The summed E-state index contributed by atoms with van der Waals surface area (Å²) < 4.78 is 0. The normalized spacial score (nSPS) is 17.3. The number of amides is 1. The molecule has 6 heteroatoms. The summed E-state index contributed by atoms with van der Waals surface area (Å²) in [6.07, 6.45) is -0.414. The number of carbonyl (C=O) groups excluding carboxylic acids is 1. The fourth-order valence-corrected chi connectivity index (χ4v) is 2.87. The molecule has 0 saturated heterocycles. The Morgan fingerprint density at radius 3 is 2.30 bits per heavy atom. The monoisotopic (exact) mass is 295 g/mol. The molecule has 0 radical (unpaired) electrons. The minimum Gasteiger partial charge on any atom is -0.479 e. The van der Waals surface area contributed by atoms with Gasteiger partial charge in [-0.3, -0.25) is 4.79 Å². The van der Waals surface area contributed by atoms with E-state index in [1.165, 1.54) is 0 Å². The van der Waals surface area contributed by atoms with Gasteiger partial charge in [0.2, 0.25) is 5.91 Å². The molecule has 0 saturated carbocycles. The zero-order chi connectivity index (χ0) is 14.8. The topological polar surface area (TPSA) is 86.6 Å². The van der Waals surface area contributed by atoms with Crippen LogP contribution in [0.25, 0.3) is 0 Å². The van der Waals surface area contributed by atoms with E-state index in [4.69, 9.17) is 5.11 Å². The predicted octanol–water partition coefficient (Wildman–Crippen LogP) is 0.263. The third-order valence-electron chi connectivity index (χ3n) is 3.70. The van der Waals surface area contributed by atoms with Crippen LogP contribution < -0.4 is 5.32 Å². The summed E-state index contributed by atoms with van der Waals surface area (Å²) in [5.41, 5.74) is 1.58. The molecule has 1 amide bonds. The number of carboxylic acid groups (broad SMARTS) is 1. The van der Waals surface area contributed by atoms with Crippen molar-refractivity contribution in [2.75, 3.05) is 12.3 Å². The molecule has 5 nitrogen and oxygen atoms in total. The van der Waals surface area contributed by atoms with Crippen LogP contribution in [0.15, 0.2) is 24.3 Å². The van der Waals surface area contributed by atoms with Crippen molar-refractivity contribution in [3.63, 3.8) is 0 Å². The largest absolute Gasteiger partial charge is 0.479 e. The number of aliphatic carboxylic acids is 1. The highest BCUT2D eigenvalue weighted by Gasteiger charge is 2.42. The van der Waals surface area contributed by atoms with E-state index >= 15 is 0 Å². The molecule has 1 aliphatic rings. The first-order chi connectivity index (χ1) is 9.48. The molecule has 1 aliphatic carbocycles. The zero-order valence-electron chi connectivity index (χ0n) is 10.9. The number of hydrogen-bond acceptors (Lipinski definition) is 4. The van der Waals surface area contributed by atoms with Crippen molar-refractivity contribution in [3.05, 3.63) is 35.4 Å². The van der Waals surface area contributed by atoms with Crippen LogP contribution in [-0.4, -0.2) is 40.5 Å². The number of aliphatic hydroxyl groups excluding tert-OH is 1. The number of carboxylic acids is 1. The number of carbonyl (C=O) groups is 2. The van der Waals surface area contributed by atoms with Crippen molar-refractivity contribution in [2.45, 2.75) is 18.9 Å². The maximum absolute atomic E-state index is 12.3. The van der Waals surface area contributed by atoms with E-state index in [1.54, 1.807) is 0 Å². The van der Waals surface area contributed by atoms with Crippen molar-refractivity contribution in [1.82, 2.24) is 5.32 Å². The summed E-state index contributed by atoms with van der Waals surface area (Å²) >= 11 is 4.29. The molecule has 0 bridgehead atoms. The summed E-state index contributed by atoms with van der Waals surface area (Å²) in [5.74, 6) is -1.24. The Morgan fingerprint density at radius 1 is 1.30 bits per heavy atom. The number of fused-ring (bicyclic) bond motifs is 1. The van der Waals surface area contributed by atoms with Gasteiger partial charge in [-0.15, -0.1) is 0 Å². The van der Waals surface area contributed by atoms with E-state index in [-0.39, 0.29) is 12.5 Å². The first-order valence-corrected chi connectivity index (χ1v) is 6.98. The molecular weight excluding hydrogens is 278 g/mol. The van der Waals surface area contributed by atoms with Crippen molar-refractivity contribution in [1.29, 1.82) is 0 Å². The standard InChI is InChI=1S/C14H17NO4S/c16-11(12(17)18)7-15-13(19)14(8-20)5-9-3-1-2-4-10(9)6-14/h1-4,11,16,20H,5-8H2,(H,15,19)(H,17,18)/t11-/m0/s1. The van der Waals surface area contributed by atoms with Crippen LogP contribution in [0, 0.1) is 5.41 Å². The van der Waals surface area contributed by atoms with Gasteiger partial charge in [0.15, 0.2) is 6.10 Å². The first-order valence-electron chi connectivity index (χ1n) is 6.35. The number of rotatable bonds is 5. The maximum Gasteiger partial charge on any atom is 0.334 e. The van der Waals surface area contributed by atoms with Gasteiger partial charge in [0, 0.05) is 5.75 Å². The molecule has 1 aromatic rings. The quantitative estimate of drug-likeness (QED) is 0.587. The molecule has 0 spiro atoms. The molecule has 20 heavy (non-hydrogen) atoms. The lowest BCUT2D eigenvalue weighted by Gasteiger charge is -2.26. The second kappa shape index (κ2) is 5.85. The predicted molar refractivity (Wildman–Crippen MR) is 76.8 cm³/mol. The maximum atomic E-state index is 12.3. The molecule has 1 atom stereocenters. The van der Waals surface area contributed by atoms with Crippen molar-refractivity contribution >= 4 is 24.5 Å². The summed E-state index contributed by atoms with van der Waals surface area (Å²) in [7, 11) is 0. The lowest BCUT2D eigenvalue weighted by atomic mass is 9.85. The highest BCUT2D eigenvalue weighted by Crippen LogP contribution is 2.38. The lowest BCUT2D eigenvalue weighted by Crippen LogP contribution is -2.46. The highest BCUT2D eigenvalue weighted by molar-refractivity contribution is 7.80. The molecular formula is C14H17NO4S. The van der Waals surface area contributed by atoms with Crippen molar-refractivity contribution in [3.8, 4) is 0 Å². The van der Waals surface area contributed by atoms with Gasteiger partial charge in [0.1, 0.15) is 0 Å². The van der Waals surface area contributed by atoms with E-state index in [1.807, 2.05) is 24.3 Å². The molecule has 0 heterocycles. The Morgan fingerprint density at radius 2 is 1.85 bits per heavy atom. The summed E-state index contributed by atoms with van der Waals surface area (Å²) in [5, 5.41) is 20.3. The van der Waals surface area contributed by atoms with Gasteiger partial charge in [-0.2, -0.15) is 12.6 Å². The molecule has 108 valence electrons. The molecule has 0 unspecified atom stereocenters. The van der Waals surface area contributed by atoms with Crippen LogP contribution in [0.5, 0.6) is 0 Å². The van der Waals surface area contributed by atoms with Gasteiger partial charge in [-0.05, 0) is 24.0 Å². The van der Waals surface area contributed by atoms with Gasteiger partial charge < -0.3 is 15.5 Å². The van der Waals surface area contributed by atoms with Crippen LogP contribution in [0.4, 0.5) is 0 Å². The summed E-state index contributed by atoms with van der Waals surface area (Å²) in [6, 6.07) is 7.83. The Labute approximate surface area is 122 Å². The van der Waals surface area contributed by atoms with Crippen molar-refractivity contribution < 1.29 is 19.8 Å². The SMILES string of the molecule is O=C(O)[C@@H](O)CNC(=O)C1(CS)Cc2ccccc2C1. The number of benzene rings is 1. The van der Waals surface area contributed by atoms with Crippen LogP contribution in [0.1, 0.15) is 11.1 Å². The van der Waals surface area contributed by atoms with E-state index in [0.29, 0.717) is 18.6 Å². The second-order valence-corrected chi connectivity index (χ2v) is 5.44. The van der Waals surface area contributed by atoms with E-state index in [9.17, 15) is 14.7 Å². The first kappa shape index (κ1) is 14.9. The van der Waals surface area contributed by atoms with Crippen molar-refractivity contribution in [2.24, 2.45) is 5.41 Å². The van der Waals surface area contributed by atoms with Crippen LogP contribution in [-0.2, 0) is 22.4 Å². The highest BCUT2D eigenvalue weighted by atomic mass is 32.1. The Hall–Kier alpha value is -1.53. The lowest BCUT2D eigenvalue weighted by molar-refractivity contribution is -0.146. The third kappa shape index (κ3) is 2.81. The van der Waals surface area contributed by atoms with Crippen LogP contribution in [0.3, 0.4) is 0 Å². The Balaban J connectivity index is 2.06. The van der Waals surface area contributed by atoms with Gasteiger partial charge in [0.05, 0.1) is 12.0 Å². The Bertz CT molecular complexity index is 507. The van der Waals surface area contributed by atoms with Crippen LogP contribution >= 0.6 is 12.6 Å². The third-order valence-corrected chi connectivity index (χ3v) is 4.31. The molecule has 1 aromatic carbocycles. The zero-order valence-corrected chi connectivity index (χ0v) is 11.8. The average Bonchev–Trinajstić information content (AvgIpc) is 2.84. The molecule has 2 rings (SSSR count). The smallest absolute Gasteiger partial charge is 0.334 e. The van der Waals surface area contributed by atoms with Gasteiger partial charge >= 0.3 is 5.97 Å². The number of hydrogen-bond donors (Lipinski definition) is 4. The molecule has 0 aromatic heterocycles. The fourth-order valence-electron chi connectivity index (χ4n) is 2.50. The molecule has 3 N–H and O–H groups in total. The van der Waals surface area contributed by atoms with Gasteiger partial charge in [-0.1, -0.05) is 24.3 Å². The molecule has 0 fully saturated rings. The molecule has 0 aliphatic heterocycles. The van der Waals surface area contributed by atoms with Crippen LogP contribution in [0.2, 0.25) is 0 Å². The van der Waals surface area contributed by atoms with Gasteiger partial charge in [0.25, 0.3) is 0 Å². The minimum absolute atomic E-state index is 0.260. The summed E-state index contributed by atoms with van der Waals surface area (Å²) in [4.78, 5) is 22.9. The fraction of sp³-hybridized carbons (Fsp3) is 0.429. The number of nitrogens with one attached hydrogen (secondary N) is 1. The van der Waals surface area contributed by atoms with E-state index in [2.05, 4.69) is 17.9 Å². The van der Waals surface area contributed by atoms with E-state index in [0.717, 1.165) is 11.1 Å². The average molecular weight is 295 g/mol. The second-order valence-electron chi connectivity index (χ2n) is 5.12.